The summed E-state index contributed by atoms with van der Waals surface area (Å²) >= 11 is 0. The molecule has 10 fully saturated rings. The van der Waals surface area contributed by atoms with Crippen LogP contribution in [0.4, 0.5) is 0 Å². The van der Waals surface area contributed by atoms with Crippen molar-refractivity contribution >= 4 is 0 Å². The highest BCUT2D eigenvalue weighted by atomic mass is 16.3. The van der Waals surface area contributed by atoms with E-state index in [0.29, 0.717) is 17.3 Å². The second-order valence-electron chi connectivity index (χ2n) is 9.44. The van der Waals surface area contributed by atoms with Gasteiger partial charge in [0.15, 0.2) is 0 Å². The Hall–Kier alpha value is -0.170. The zero-order chi connectivity index (χ0) is 12.1. The number of rotatable bonds is 0. The molecule has 10 aliphatic rings. The Morgan fingerprint density at radius 2 is 1.63 bits per heavy atom. The predicted octanol–water partition coefficient (Wildman–Crippen LogP) is 2.89. The van der Waals surface area contributed by atoms with E-state index < -0.39 is 0 Å². The van der Waals surface area contributed by atoms with Crippen molar-refractivity contribution in [3.05, 3.63) is 6.42 Å². The summed E-state index contributed by atoms with van der Waals surface area (Å²) < 4.78 is 0. The van der Waals surface area contributed by atoms with E-state index in [0.717, 1.165) is 41.4 Å². The van der Waals surface area contributed by atoms with Gasteiger partial charge in [0.2, 0.25) is 0 Å². The third kappa shape index (κ3) is 0.684. The fourth-order valence-electron chi connectivity index (χ4n) is 9.87. The molecule has 0 radical (unpaired) electrons. The zero-order valence-corrected chi connectivity index (χ0v) is 11.5. The predicted molar refractivity (Wildman–Crippen MR) is 70.8 cm³/mol. The molecule has 19 heavy (non-hydrogen) atoms. The normalized spacial score (nSPS) is 79.9. The first-order valence-corrected chi connectivity index (χ1v) is 8.81. The Balaban J connectivity index is 1.59. The van der Waals surface area contributed by atoms with Crippen molar-refractivity contribution in [1.82, 2.24) is 0 Å². The second kappa shape index (κ2) is 2.40. The molecular weight excluding hydrogens is 232 g/mol. The van der Waals surface area contributed by atoms with Gasteiger partial charge >= 0.3 is 0 Å². The van der Waals surface area contributed by atoms with Crippen LogP contribution in [0, 0.1) is 65.1 Å². The van der Waals surface area contributed by atoms with Crippen molar-refractivity contribution in [2.45, 2.75) is 44.1 Å². The zero-order valence-electron chi connectivity index (χ0n) is 11.5. The van der Waals surface area contributed by atoms with Gasteiger partial charge in [0.05, 0.1) is 12.3 Å². The van der Waals surface area contributed by atoms with Crippen molar-refractivity contribution < 1.29 is 5.11 Å². The van der Waals surface area contributed by atoms with Crippen molar-refractivity contribution in [3.63, 3.8) is 0 Å². The highest BCUT2D eigenvalue weighted by Crippen LogP contribution is 2.85. The largest absolute Gasteiger partial charge is 0.384 e. The van der Waals surface area contributed by atoms with Crippen molar-refractivity contribution in [2.24, 2.45) is 58.7 Å². The van der Waals surface area contributed by atoms with Gasteiger partial charge in [0.1, 0.15) is 11.0 Å². The lowest BCUT2D eigenvalue weighted by atomic mass is 9.20. The van der Waals surface area contributed by atoms with Crippen molar-refractivity contribution in [1.29, 1.82) is 0 Å². The molecule has 0 amide bonds. The molecular formula is C18H23O+. The maximum Gasteiger partial charge on any atom is 0.141 e. The molecule has 0 saturated heterocycles. The maximum absolute atomic E-state index is 11.9. The van der Waals surface area contributed by atoms with Gasteiger partial charge < -0.3 is 5.11 Å². The van der Waals surface area contributed by atoms with E-state index >= 15 is 0 Å². The quantitative estimate of drug-likeness (QED) is 0.660. The second-order valence-corrected chi connectivity index (χ2v) is 9.44. The summed E-state index contributed by atoms with van der Waals surface area (Å²) in [4.78, 5) is 0. The summed E-state index contributed by atoms with van der Waals surface area (Å²) in [6, 6.07) is 0. The smallest absolute Gasteiger partial charge is 0.141 e. The Morgan fingerprint density at radius 3 is 2.53 bits per heavy atom. The van der Waals surface area contributed by atoms with Gasteiger partial charge in [0, 0.05) is 11.8 Å². The van der Waals surface area contributed by atoms with E-state index in [-0.39, 0.29) is 5.60 Å². The van der Waals surface area contributed by atoms with Crippen molar-refractivity contribution in [2.75, 3.05) is 0 Å². The molecule has 1 nitrogen and oxygen atoms in total. The Kier molecular flexibility index (Phi) is 1.23. The summed E-state index contributed by atoms with van der Waals surface area (Å²) in [7, 11) is 0. The fraction of sp³-hybridized carbons (Fsp3) is 0.944. The summed E-state index contributed by atoms with van der Waals surface area (Å²) in [6.45, 7) is 0. The van der Waals surface area contributed by atoms with Crippen LogP contribution in [0.5, 0.6) is 0 Å². The third-order valence-corrected chi connectivity index (χ3v) is 9.56. The van der Waals surface area contributed by atoms with Crippen LogP contribution >= 0.6 is 0 Å². The highest BCUT2D eigenvalue weighted by Gasteiger charge is 2.88. The molecule has 10 saturated carbocycles. The Morgan fingerprint density at radius 1 is 0.842 bits per heavy atom. The molecule has 10 rings (SSSR count). The number of hydrogen-bond donors (Lipinski definition) is 1. The number of hydrogen-bond acceptors (Lipinski definition) is 1. The first-order valence-electron chi connectivity index (χ1n) is 8.81. The molecule has 100 valence electrons. The summed E-state index contributed by atoms with van der Waals surface area (Å²) in [6.07, 6.45) is 11.4. The summed E-state index contributed by atoms with van der Waals surface area (Å²) in [5, 5.41) is 11.9. The molecule has 0 aromatic carbocycles. The van der Waals surface area contributed by atoms with Crippen LogP contribution in [0.25, 0.3) is 0 Å². The van der Waals surface area contributed by atoms with Crippen LogP contribution in [-0.4, -0.2) is 10.7 Å². The molecule has 1 spiro atoms. The van der Waals surface area contributed by atoms with Gasteiger partial charge in [-0.15, -0.1) is 0 Å². The molecule has 1 heteroatoms. The molecule has 11 atom stereocenters. The van der Waals surface area contributed by atoms with Crippen LogP contribution in [0.15, 0.2) is 0 Å². The highest BCUT2D eigenvalue weighted by molar-refractivity contribution is 5.36. The minimum absolute atomic E-state index is 0.230. The number of aliphatic hydroxyl groups is 1. The van der Waals surface area contributed by atoms with Crippen LogP contribution in [0.1, 0.15) is 38.5 Å². The average Bonchev–Trinajstić information content (AvgIpc) is 2.40. The first kappa shape index (κ1) is 9.71. The molecule has 11 unspecified atom stereocenters. The van der Waals surface area contributed by atoms with E-state index in [1.165, 1.54) is 38.5 Å². The van der Waals surface area contributed by atoms with Gasteiger partial charge in [-0.3, -0.25) is 0 Å². The minimum Gasteiger partial charge on any atom is -0.384 e. The van der Waals surface area contributed by atoms with E-state index in [1.54, 1.807) is 0 Å². The van der Waals surface area contributed by atoms with Crippen LogP contribution < -0.4 is 0 Å². The van der Waals surface area contributed by atoms with Crippen LogP contribution in [-0.2, 0) is 0 Å². The van der Waals surface area contributed by atoms with Crippen LogP contribution in [0.3, 0.4) is 0 Å². The Labute approximate surface area is 115 Å². The van der Waals surface area contributed by atoms with E-state index in [4.69, 9.17) is 0 Å². The van der Waals surface area contributed by atoms with Gasteiger partial charge in [-0.2, -0.15) is 0 Å². The first-order chi connectivity index (χ1) is 9.22. The molecule has 1 N–H and O–H groups in total. The molecule has 0 aliphatic heterocycles. The SMILES string of the molecule is OC12C3CC4[CH+]C15CC1CC6C(CC3C(C4)C65)C2C1. The molecule has 0 aromatic heterocycles. The topological polar surface area (TPSA) is 20.2 Å². The standard InChI is InChI=1S/C18H23O/c19-18-14-3-8-1-12-10(14)5-11-13-2-9(4-15(11)18)7-17(18,6-8)16(12)13/h6,8-16,19H,1-5,7H2/q+1. The minimum atomic E-state index is -0.230. The van der Waals surface area contributed by atoms with Gasteiger partial charge in [-0.25, -0.2) is 0 Å². The van der Waals surface area contributed by atoms with Gasteiger partial charge in [0.25, 0.3) is 0 Å². The monoisotopic (exact) mass is 255 g/mol. The van der Waals surface area contributed by atoms with E-state index in [9.17, 15) is 5.11 Å². The molecule has 0 aromatic rings. The lowest BCUT2D eigenvalue weighted by Crippen LogP contribution is -2.85. The summed E-state index contributed by atoms with van der Waals surface area (Å²) in [5.41, 5.74) is 0.0828. The maximum atomic E-state index is 11.9. The molecule has 11 bridgehead atoms. The molecule has 0 heterocycles. The van der Waals surface area contributed by atoms with Gasteiger partial charge in [-0.1, -0.05) is 0 Å². The fourth-order valence-corrected chi connectivity index (χ4v) is 9.87. The molecule has 10 aliphatic carbocycles. The van der Waals surface area contributed by atoms with Crippen molar-refractivity contribution in [3.8, 4) is 0 Å². The van der Waals surface area contributed by atoms with E-state index in [2.05, 4.69) is 6.42 Å². The lowest BCUT2D eigenvalue weighted by Gasteiger charge is -2.82. The van der Waals surface area contributed by atoms with E-state index in [1.807, 2.05) is 0 Å². The third-order valence-electron chi connectivity index (χ3n) is 9.56. The Bertz CT molecular complexity index is 474. The average molecular weight is 255 g/mol. The lowest BCUT2D eigenvalue weighted by molar-refractivity contribution is -0.394. The van der Waals surface area contributed by atoms with Crippen LogP contribution in [0.2, 0.25) is 0 Å². The van der Waals surface area contributed by atoms with Gasteiger partial charge in [-0.05, 0) is 74.0 Å². The summed E-state index contributed by atoms with van der Waals surface area (Å²) in [5.74, 6) is 8.10.